The van der Waals surface area contributed by atoms with Crippen molar-refractivity contribution < 1.29 is 19.1 Å². The molecule has 148 valence electrons. The van der Waals surface area contributed by atoms with Gasteiger partial charge in [-0.05, 0) is 31.0 Å². The number of hydrogen-bond acceptors (Lipinski definition) is 5. The van der Waals surface area contributed by atoms with E-state index in [0.29, 0.717) is 43.2 Å². The first-order valence-corrected chi connectivity index (χ1v) is 10.1. The van der Waals surface area contributed by atoms with Crippen LogP contribution in [0.15, 0.2) is 18.2 Å². The van der Waals surface area contributed by atoms with Gasteiger partial charge in [0.05, 0.1) is 23.4 Å². The van der Waals surface area contributed by atoms with Gasteiger partial charge in [0.1, 0.15) is 5.82 Å². The summed E-state index contributed by atoms with van der Waals surface area (Å²) >= 11 is 7.09. The number of nitrogens with one attached hydrogen (secondary N) is 2. The van der Waals surface area contributed by atoms with Gasteiger partial charge in [0.15, 0.2) is 5.13 Å². The van der Waals surface area contributed by atoms with Gasteiger partial charge < -0.3 is 20.6 Å². The van der Waals surface area contributed by atoms with Gasteiger partial charge in [-0.1, -0.05) is 22.9 Å². The molecule has 4 rings (SSSR count). The van der Waals surface area contributed by atoms with Crippen LogP contribution in [0.4, 0.5) is 20.0 Å². The smallest absolute Gasteiger partial charge is 0.322 e. The molecule has 3 N–H and O–H groups in total. The predicted molar refractivity (Wildman–Crippen MR) is 104 cm³/mol. The van der Waals surface area contributed by atoms with Gasteiger partial charge in [0.25, 0.3) is 0 Å². The van der Waals surface area contributed by atoms with E-state index in [9.17, 15) is 19.1 Å². The number of benzene rings is 1. The number of rotatable bonds is 3. The summed E-state index contributed by atoms with van der Waals surface area (Å²) in [5.74, 6) is -0.835. The zero-order valence-electron chi connectivity index (χ0n) is 14.7. The number of aromatic nitrogens is 1. The Morgan fingerprint density at radius 3 is 2.82 bits per heavy atom. The van der Waals surface area contributed by atoms with E-state index in [1.54, 1.807) is 4.90 Å². The molecular weight excluding hydrogens is 407 g/mol. The minimum atomic E-state index is -0.544. The Bertz CT molecular complexity index is 932. The summed E-state index contributed by atoms with van der Waals surface area (Å²) in [6, 6.07) is 3.70. The van der Waals surface area contributed by atoms with E-state index in [1.807, 2.05) is 0 Å². The summed E-state index contributed by atoms with van der Waals surface area (Å²) < 4.78 is 13.2. The Morgan fingerprint density at radius 2 is 2.11 bits per heavy atom. The molecule has 10 heteroatoms. The molecule has 0 atom stereocenters. The van der Waals surface area contributed by atoms with Crippen LogP contribution in [0.25, 0.3) is 0 Å². The second-order valence-electron chi connectivity index (χ2n) is 6.93. The quantitative estimate of drug-likeness (QED) is 0.705. The van der Waals surface area contributed by atoms with Crippen molar-refractivity contribution in [3.63, 3.8) is 0 Å². The number of carbonyl (C=O) groups is 2. The fraction of sp³-hybridized carbons (Fsp3) is 0.389. The van der Waals surface area contributed by atoms with Crippen LogP contribution in [0.5, 0.6) is 0 Å². The van der Waals surface area contributed by atoms with Crippen LogP contribution < -0.4 is 10.6 Å². The van der Waals surface area contributed by atoms with Crippen LogP contribution in [-0.2, 0) is 17.8 Å². The first kappa shape index (κ1) is 19.1. The topological polar surface area (TPSA) is 94.6 Å². The fourth-order valence-electron chi connectivity index (χ4n) is 3.21. The lowest BCUT2D eigenvalue weighted by molar-refractivity contribution is -0.126. The third kappa shape index (κ3) is 3.96. The molecule has 7 nitrogen and oxygen atoms in total. The molecule has 0 spiro atoms. The van der Waals surface area contributed by atoms with E-state index in [0.717, 1.165) is 10.6 Å². The van der Waals surface area contributed by atoms with Crippen LogP contribution in [0.1, 0.15) is 23.4 Å². The van der Waals surface area contributed by atoms with Gasteiger partial charge in [-0.3, -0.25) is 4.79 Å². The van der Waals surface area contributed by atoms with E-state index < -0.39 is 5.82 Å². The minimum absolute atomic E-state index is 0.0550. The van der Waals surface area contributed by atoms with Crippen molar-refractivity contribution in [2.75, 3.05) is 17.2 Å². The Morgan fingerprint density at radius 1 is 1.32 bits per heavy atom. The van der Waals surface area contributed by atoms with Gasteiger partial charge in [0.2, 0.25) is 5.91 Å². The van der Waals surface area contributed by atoms with Crippen LogP contribution in [0, 0.1) is 11.7 Å². The van der Waals surface area contributed by atoms with Crippen molar-refractivity contribution in [1.82, 2.24) is 9.88 Å². The number of thiazole rings is 1. The van der Waals surface area contributed by atoms with Crippen LogP contribution >= 0.6 is 22.9 Å². The number of fused-ring (bicyclic) bond motifs is 1. The van der Waals surface area contributed by atoms with Crippen LogP contribution in [-0.4, -0.2) is 39.6 Å². The molecule has 2 heterocycles. The minimum Gasteiger partial charge on any atom is -0.393 e. The first-order chi connectivity index (χ1) is 13.4. The fourth-order valence-corrected chi connectivity index (χ4v) is 4.42. The van der Waals surface area contributed by atoms with E-state index in [-0.39, 0.29) is 29.0 Å². The van der Waals surface area contributed by atoms with E-state index in [1.165, 1.54) is 29.5 Å². The summed E-state index contributed by atoms with van der Waals surface area (Å²) in [5, 5.41) is 15.3. The molecule has 0 unspecified atom stereocenters. The summed E-state index contributed by atoms with van der Waals surface area (Å²) in [5.41, 5.74) is 1.30. The van der Waals surface area contributed by atoms with Gasteiger partial charge in [0, 0.05) is 29.4 Å². The molecule has 1 aliphatic heterocycles. The Hall–Kier alpha value is -2.23. The van der Waals surface area contributed by atoms with Crippen molar-refractivity contribution in [2.45, 2.75) is 31.9 Å². The number of anilines is 2. The van der Waals surface area contributed by atoms with Gasteiger partial charge in [-0.15, -0.1) is 0 Å². The summed E-state index contributed by atoms with van der Waals surface area (Å²) in [4.78, 5) is 31.6. The van der Waals surface area contributed by atoms with Gasteiger partial charge >= 0.3 is 6.03 Å². The lowest BCUT2D eigenvalue weighted by Crippen LogP contribution is -2.38. The largest absolute Gasteiger partial charge is 0.393 e. The molecule has 2 aromatic rings. The number of hydrogen-bond donors (Lipinski definition) is 3. The molecule has 1 saturated carbocycles. The zero-order chi connectivity index (χ0) is 19.8. The normalized spacial score (nSPS) is 20.9. The molecular formula is C18H18ClFN4O3S. The number of urea groups is 1. The molecule has 1 aromatic heterocycles. The predicted octanol–water partition coefficient (Wildman–Crippen LogP) is 3.24. The lowest BCUT2D eigenvalue weighted by Gasteiger charge is -2.29. The SMILES string of the molecule is O=C(Nc1ccc(F)c(Cl)c1)N1CCc2nc(NC(=O)[C@H]3C[C@H](O)C3)sc2C1. The molecule has 3 amide bonds. The molecule has 1 aliphatic carbocycles. The second kappa shape index (κ2) is 7.65. The van der Waals surface area contributed by atoms with E-state index in [4.69, 9.17) is 11.6 Å². The number of amides is 3. The third-order valence-electron chi connectivity index (χ3n) is 4.90. The third-order valence-corrected chi connectivity index (χ3v) is 6.19. The summed E-state index contributed by atoms with van der Waals surface area (Å²) in [6.45, 7) is 0.867. The van der Waals surface area contributed by atoms with Gasteiger partial charge in [-0.25, -0.2) is 14.2 Å². The number of halogens is 2. The average Bonchev–Trinajstić information content (AvgIpc) is 3.03. The Labute approximate surface area is 169 Å². The molecule has 2 aliphatic rings. The number of nitrogens with zero attached hydrogens (tertiary/aromatic N) is 2. The molecule has 1 fully saturated rings. The maximum Gasteiger partial charge on any atom is 0.322 e. The standard InChI is InChI=1S/C18H18ClFN4O3S/c19-12-7-10(1-2-13(12)20)21-18(27)24-4-3-14-15(8-24)28-17(22-14)23-16(26)9-5-11(25)6-9/h1-2,7,9,11,25H,3-6,8H2,(H,21,27)(H,22,23,26)/t9-,11-. The maximum absolute atomic E-state index is 13.2. The molecule has 0 saturated heterocycles. The van der Waals surface area contributed by atoms with Crippen LogP contribution in [0.3, 0.4) is 0 Å². The van der Waals surface area contributed by atoms with Crippen molar-refractivity contribution in [1.29, 1.82) is 0 Å². The molecule has 28 heavy (non-hydrogen) atoms. The highest BCUT2D eigenvalue weighted by atomic mass is 35.5. The zero-order valence-corrected chi connectivity index (χ0v) is 16.3. The van der Waals surface area contributed by atoms with Crippen molar-refractivity contribution in [2.24, 2.45) is 5.92 Å². The highest BCUT2D eigenvalue weighted by Gasteiger charge is 2.34. The Kier molecular flexibility index (Phi) is 5.22. The van der Waals surface area contributed by atoms with E-state index >= 15 is 0 Å². The second-order valence-corrected chi connectivity index (χ2v) is 8.42. The number of aliphatic hydroxyl groups is 1. The summed E-state index contributed by atoms with van der Waals surface area (Å²) in [7, 11) is 0. The highest BCUT2D eigenvalue weighted by Crippen LogP contribution is 2.32. The maximum atomic E-state index is 13.2. The highest BCUT2D eigenvalue weighted by molar-refractivity contribution is 7.15. The lowest BCUT2D eigenvalue weighted by atomic mass is 9.82. The number of aliphatic hydroxyl groups excluding tert-OH is 1. The van der Waals surface area contributed by atoms with E-state index in [2.05, 4.69) is 15.6 Å². The molecule has 1 aromatic carbocycles. The van der Waals surface area contributed by atoms with Crippen LogP contribution in [0.2, 0.25) is 5.02 Å². The summed E-state index contributed by atoms with van der Waals surface area (Å²) in [6.07, 6.45) is 1.17. The monoisotopic (exact) mass is 424 g/mol. The molecule has 0 bridgehead atoms. The molecule has 0 radical (unpaired) electrons. The van der Waals surface area contributed by atoms with Gasteiger partial charge in [-0.2, -0.15) is 0 Å². The average molecular weight is 425 g/mol. The van der Waals surface area contributed by atoms with Crippen molar-refractivity contribution in [3.05, 3.63) is 39.6 Å². The number of carbonyl (C=O) groups excluding carboxylic acids is 2. The first-order valence-electron chi connectivity index (χ1n) is 8.87. The Balaban J connectivity index is 1.37. The van der Waals surface area contributed by atoms with Crippen molar-refractivity contribution >= 4 is 45.7 Å². The van der Waals surface area contributed by atoms with Crippen molar-refractivity contribution in [3.8, 4) is 0 Å².